The minimum Gasteiger partial charge on any atom is -0.351 e. The maximum Gasteiger partial charge on any atom is 0.261 e. The molecule has 1 amide bonds. The Labute approximate surface area is 184 Å². The summed E-state index contributed by atoms with van der Waals surface area (Å²) in [5.74, 6) is -0.403. The zero-order chi connectivity index (χ0) is 22.5. The summed E-state index contributed by atoms with van der Waals surface area (Å²) in [4.78, 5) is 14.9. The number of carbonyl (C=O) groups is 1. The van der Waals surface area contributed by atoms with Crippen molar-refractivity contribution in [1.82, 2.24) is 10.2 Å². The van der Waals surface area contributed by atoms with Gasteiger partial charge >= 0.3 is 0 Å². The Morgan fingerprint density at radius 3 is 2.33 bits per heavy atom. The minimum atomic E-state index is -3.86. The molecule has 30 heavy (non-hydrogen) atoms. The third-order valence-corrected chi connectivity index (χ3v) is 6.45. The predicted molar refractivity (Wildman–Crippen MR) is 123 cm³/mol. The molecule has 2 N–H and O–H groups in total. The van der Waals surface area contributed by atoms with Gasteiger partial charge in [-0.05, 0) is 70.5 Å². The number of nitrogens with one attached hydrogen (secondary N) is 2. The Balaban J connectivity index is 2.14. The van der Waals surface area contributed by atoms with Gasteiger partial charge in [-0.15, -0.1) is 0 Å². The van der Waals surface area contributed by atoms with Gasteiger partial charge in [0.15, 0.2) is 0 Å². The van der Waals surface area contributed by atoms with Crippen LogP contribution in [0.3, 0.4) is 0 Å². The first-order valence-corrected chi connectivity index (χ1v) is 11.8. The summed E-state index contributed by atoms with van der Waals surface area (Å²) < 4.78 is 28.1. The molecular weight excluding hydrogens is 422 g/mol. The van der Waals surface area contributed by atoms with E-state index in [1.165, 1.54) is 18.2 Å². The van der Waals surface area contributed by atoms with E-state index in [4.69, 9.17) is 11.6 Å². The van der Waals surface area contributed by atoms with E-state index in [1.807, 2.05) is 13.0 Å². The Hall–Kier alpha value is -2.09. The molecule has 164 valence electrons. The molecule has 0 saturated carbocycles. The number of carbonyl (C=O) groups excluding carboxylic acids is 1. The van der Waals surface area contributed by atoms with Gasteiger partial charge in [-0.3, -0.25) is 14.4 Å². The van der Waals surface area contributed by atoms with E-state index < -0.39 is 15.9 Å². The van der Waals surface area contributed by atoms with E-state index in [9.17, 15) is 13.2 Å². The van der Waals surface area contributed by atoms with Crippen LogP contribution in [0.1, 0.15) is 43.6 Å². The highest BCUT2D eigenvalue weighted by Crippen LogP contribution is 2.23. The standard InChI is InChI=1S/C22H30ClN3O3S/c1-15(2)26(16(3)4)12-11-24-22(27)20-14-19(9-10-21(20)23)30(28,29)25-18-8-6-7-17(5)13-18/h6-10,13-16,25H,11-12H2,1-5H3,(H,24,27). The average molecular weight is 452 g/mol. The van der Waals surface area contributed by atoms with Crippen LogP contribution in [0.4, 0.5) is 5.69 Å². The second-order valence-corrected chi connectivity index (χ2v) is 9.89. The van der Waals surface area contributed by atoms with Crippen LogP contribution in [-0.4, -0.2) is 44.4 Å². The van der Waals surface area contributed by atoms with Crippen LogP contribution in [0.15, 0.2) is 47.4 Å². The molecule has 0 radical (unpaired) electrons. The van der Waals surface area contributed by atoms with Crippen LogP contribution in [0.2, 0.25) is 5.02 Å². The first-order chi connectivity index (χ1) is 14.0. The molecule has 0 unspecified atom stereocenters. The number of hydrogen-bond acceptors (Lipinski definition) is 4. The highest BCUT2D eigenvalue weighted by molar-refractivity contribution is 7.92. The van der Waals surface area contributed by atoms with Crippen molar-refractivity contribution in [3.63, 3.8) is 0 Å². The topological polar surface area (TPSA) is 78.5 Å². The maximum atomic E-state index is 12.8. The molecule has 0 aromatic heterocycles. The summed E-state index contributed by atoms with van der Waals surface area (Å²) in [6.07, 6.45) is 0. The number of nitrogens with zero attached hydrogens (tertiary/aromatic N) is 1. The smallest absolute Gasteiger partial charge is 0.261 e. The fraction of sp³-hybridized carbons (Fsp3) is 0.409. The molecule has 0 fully saturated rings. The van der Waals surface area contributed by atoms with E-state index in [0.717, 1.165) is 5.56 Å². The lowest BCUT2D eigenvalue weighted by Crippen LogP contribution is -2.42. The Morgan fingerprint density at radius 2 is 1.73 bits per heavy atom. The number of benzene rings is 2. The zero-order valence-electron chi connectivity index (χ0n) is 18.1. The molecule has 0 aliphatic rings. The van der Waals surface area contributed by atoms with Crippen LogP contribution in [0, 0.1) is 6.92 Å². The molecule has 6 nitrogen and oxygen atoms in total. The normalized spacial score (nSPS) is 11.9. The second-order valence-electron chi connectivity index (χ2n) is 7.80. The van der Waals surface area contributed by atoms with Crippen molar-refractivity contribution in [3.8, 4) is 0 Å². The molecule has 0 spiro atoms. The maximum absolute atomic E-state index is 12.8. The van der Waals surface area contributed by atoms with Gasteiger partial charge in [0.05, 0.1) is 15.5 Å². The highest BCUT2D eigenvalue weighted by atomic mass is 35.5. The predicted octanol–water partition coefficient (Wildman–Crippen LogP) is 4.30. The number of sulfonamides is 1. The van der Waals surface area contributed by atoms with E-state index >= 15 is 0 Å². The van der Waals surface area contributed by atoms with Crippen molar-refractivity contribution >= 4 is 33.2 Å². The van der Waals surface area contributed by atoms with Crippen molar-refractivity contribution in [2.45, 2.75) is 51.6 Å². The van der Waals surface area contributed by atoms with Gasteiger partial charge in [0.25, 0.3) is 15.9 Å². The largest absolute Gasteiger partial charge is 0.351 e. The van der Waals surface area contributed by atoms with Gasteiger partial charge in [-0.2, -0.15) is 0 Å². The van der Waals surface area contributed by atoms with Gasteiger partial charge < -0.3 is 5.32 Å². The van der Waals surface area contributed by atoms with Crippen LogP contribution < -0.4 is 10.0 Å². The van der Waals surface area contributed by atoms with Crippen LogP contribution >= 0.6 is 11.6 Å². The van der Waals surface area contributed by atoms with Crippen LogP contribution in [0.5, 0.6) is 0 Å². The fourth-order valence-corrected chi connectivity index (χ4v) is 4.55. The summed E-state index contributed by atoms with van der Waals surface area (Å²) in [6.45, 7) is 11.4. The number of aryl methyl sites for hydroxylation is 1. The van der Waals surface area contributed by atoms with E-state index in [-0.39, 0.29) is 15.5 Å². The number of rotatable bonds is 9. The van der Waals surface area contributed by atoms with Crippen molar-refractivity contribution < 1.29 is 13.2 Å². The first kappa shape index (κ1) is 24.2. The van der Waals surface area contributed by atoms with Gasteiger partial charge in [-0.25, -0.2) is 8.42 Å². The molecule has 0 heterocycles. The lowest BCUT2D eigenvalue weighted by atomic mass is 10.2. The zero-order valence-corrected chi connectivity index (χ0v) is 19.6. The number of amides is 1. The molecule has 0 bridgehead atoms. The summed E-state index contributed by atoms with van der Waals surface area (Å²) in [5.41, 5.74) is 1.52. The number of anilines is 1. The van der Waals surface area contributed by atoms with E-state index in [0.29, 0.717) is 30.9 Å². The molecule has 2 aromatic carbocycles. The molecule has 0 aliphatic heterocycles. The second kappa shape index (κ2) is 10.3. The number of halogens is 1. The van der Waals surface area contributed by atoms with Gasteiger partial charge in [0, 0.05) is 30.9 Å². The Bertz CT molecular complexity index is 983. The van der Waals surface area contributed by atoms with Crippen molar-refractivity contribution in [2.75, 3.05) is 17.8 Å². The average Bonchev–Trinajstić information content (AvgIpc) is 2.64. The molecule has 8 heteroatoms. The molecule has 0 saturated heterocycles. The van der Waals surface area contributed by atoms with E-state index in [2.05, 4.69) is 42.6 Å². The van der Waals surface area contributed by atoms with Gasteiger partial charge in [-0.1, -0.05) is 23.7 Å². The number of hydrogen-bond donors (Lipinski definition) is 2. The lowest BCUT2D eigenvalue weighted by molar-refractivity contribution is 0.0939. The molecule has 0 aliphatic carbocycles. The summed E-state index contributed by atoms with van der Waals surface area (Å²) in [5, 5.41) is 3.04. The summed E-state index contributed by atoms with van der Waals surface area (Å²) in [6, 6.07) is 11.9. The third kappa shape index (κ3) is 6.45. The van der Waals surface area contributed by atoms with E-state index in [1.54, 1.807) is 18.2 Å². The first-order valence-electron chi connectivity index (χ1n) is 9.94. The van der Waals surface area contributed by atoms with Gasteiger partial charge in [0.1, 0.15) is 0 Å². The van der Waals surface area contributed by atoms with Crippen molar-refractivity contribution in [2.24, 2.45) is 0 Å². The minimum absolute atomic E-state index is 0.0236. The van der Waals surface area contributed by atoms with Crippen LogP contribution in [0.25, 0.3) is 0 Å². The molecule has 2 aromatic rings. The Kier molecular flexibility index (Phi) is 8.29. The van der Waals surface area contributed by atoms with Crippen molar-refractivity contribution in [1.29, 1.82) is 0 Å². The molecular formula is C22H30ClN3O3S. The quantitative estimate of drug-likeness (QED) is 0.595. The molecule has 2 rings (SSSR count). The summed E-state index contributed by atoms with van der Waals surface area (Å²) in [7, 11) is -3.86. The highest BCUT2D eigenvalue weighted by Gasteiger charge is 2.20. The third-order valence-electron chi connectivity index (χ3n) is 4.75. The molecule has 0 atom stereocenters. The van der Waals surface area contributed by atoms with Crippen molar-refractivity contribution in [3.05, 3.63) is 58.6 Å². The van der Waals surface area contributed by atoms with Crippen LogP contribution in [-0.2, 0) is 10.0 Å². The fourth-order valence-electron chi connectivity index (χ4n) is 3.27. The van der Waals surface area contributed by atoms with Gasteiger partial charge in [0.2, 0.25) is 0 Å². The summed E-state index contributed by atoms with van der Waals surface area (Å²) >= 11 is 6.18. The SMILES string of the molecule is Cc1cccc(NS(=O)(=O)c2ccc(Cl)c(C(=O)NCCN(C(C)C)C(C)C)c2)c1. The monoisotopic (exact) mass is 451 g/mol. The lowest BCUT2D eigenvalue weighted by Gasteiger charge is -2.30. The Morgan fingerprint density at radius 1 is 1.07 bits per heavy atom.